The molecule has 0 heterocycles. The summed E-state index contributed by atoms with van der Waals surface area (Å²) in [6.45, 7) is 1.69. The summed E-state index contributed by atoms with van der Waals surface area (Å²) in [4.78, 5) is 11.4. The first-order valence-electron chi connectivity index (χ1n) is 7.16. The van der Waals surface area contributed by atoms with Gasteiger partial charge in [0, 0.05) is 12.1 Å². The monoisotopic (exact) mass is 310 g/mol. The molecular formula is C18H18N2O3. The van der Waals surface area contributed by atoms with Gasteiger partial charge in [-0.3, -0.25) is 4.79 Å². The molecule has 0 aliphatic carbocycles. The van der Waals surface area contributed by atoms with E-state index in [1.807, 2.05) is 0 Å². The minimum atomic E-state index is -0.742. The summed E-state index contributed by atoms with van der Waals surface area (Å²) in [6, 6.07) is 14.0. The van der Waals surface area contributed by atoms with E-state index in [0.717, 1.165) is 11.3 Å². The van der Waals surface area contributed by atoms with E-state index in [1.165, 1.54) is 6.92 Å². The molecule has 0 saturated carbocycles. The smallest absolute Gasteiger partial charge is 0.159 e. The van der Waals surface area contributed by atoms with Gasteiger partial charge in [-0.15, -0.1) is 0 Å². The minimum Gasteiger partial charge on any atom is -0.497 e. The van der Waals surface area contributed by atoms with Crippen LogP contribution >= 0.6 is 0 Å². The molecule has 5 heteroatoms. The second-order valence-corrected chi connectivity index (χ2v) is 5.10. The van der Waals surface area contributed by atoms with Gasteiger partial charge in [0.25, 0.3) is 0 Å². The molecule has 0 radical (unpaired) electrons. The fraction of sp³-hybridized carbons (Fsp3) is 0.222. The van der Waals surface area contributed by atoms with Crippen molar-refractivity contribution < 1.29 is 14.6 Å². The van der Waals surface area contributed by atoms with Gasteiger partial charge in [0.15, 0.2) is 5.78 Å². The summed E-state index contributed by atoms with van der Waals surface area (Å²) >= 11 is 0. The molecule has 1 atom stereocenters. The number of rotatable bonds is 6. The van der Waals surface area contributed by atoms with E-state index in [9.17, 15) is 9.90 Å². The Morgan fingerprint density at radius 1 is 1.30 bits per heavy atom. The van der Waals surface area contributed by atoms with Gasteiger partial charge in [0.2, 0.25) is 0 Å². The van der Waals surface area contributed by atoms with Crippen LogP contribution in [0.15, 0.2) is 42.5 Å². The van der Waals surface area contributed by atoms with Gasteiger partial charge >= 0.3 is 0 Å². The van der Waals surface area contributed by atoms with Crippen LogP contribution in [-0.2, 0) is 0 Å². The first kappa shape index (κ1) is 16.5. The highest BCUT2D eigenvalue weighted by Crippen LogP contribution is 2.21. The molecule has 0 spiro atoms. The zero-order chi connectivity index (χ0) is 16.8. The molecule has 2 rings (SSSR count). The van der Waals surface area contributed by atoms with Crippen LogP contribution in [0.2, 0.25) is 0 Å². The third-order valence-electron chi connectivity index (χ3n) is 3.53. The molecule has 0 aromatic heterocycles. The highest BCUT2D eigenvalue weighted by molar-refractivity contribution is 5.95. The molecule has 23 heavy (non-hydrogen) atoms. The predicted octanol–water partition coefficient (Wildman–Crippen LogP) is 2.91. The first-order chi connectivity index (χ1) is 11.0. The average Bonchev–Trinajstić information content (AvgIpc) is 2.59. The zero-order valence-corrected chi connectivity index (χ0v) is 13.0. The van der Waals surface area contributed by atoms with Crippen molar-refractivity contribution in [2.75, 3.05) is 19.0 Å². The number of anilines is 1. The zero-order valence-electron chi connectivity index (χ0n) is 13.0. The molecular weight excluding hydrogens is 292 g/mol. The lowest BCUT2D eigenvalue weighted by Gasteiger charge is -2.15. The lowest BCUT2D eigenvalue weighted by molar-refractivity contribution is 0.101. The number of ether oxygens (including phenoxy) is 1. The third-order valence-corrected chi connectivity index (χ3v) is 3.53. The fourth-order valence-electron chi connectivity index (χ4n) is 2.16. The number of aliphatic hydroxyl groups excluding tert-OH is 1. The van der Waals surface area contributed by atoms with E-state index < -0.39 is 6.10 Å². The van der Waals surface area contributed by atoms with E-state index in [-0.39, 0.29) is 12.3 Å². The van der Waals surface area contributed by atoms with E-state index in [1.54, 1.807) is 49.6 Å². The van der Waals surface area contributed by atoms with E-state index >= 15 is 0 Å². The Morgan fingerprint density at radius 3 is 2.57 bits per heavy atom. The maximum absolute atomic E-state index is 11.4. The number of hydrogen-bond donors (Lipinski definition) is 2. The molecule has 118 valence electrons. The van der Waals surface area contributed by atoms with Crippen molar-refractivity contribution in [1.82, 2.24) is 0 Å². The molecule has 5 nitrogen and oxygen atoms in total. The Bertz CT molecular complexity index is 733. The largest absolute Gasteiger partial charge is 0.497 e. The minimum absolute atomic E-state index is 0.0757. The van der Waals surface area contributed by atoms with Crippen LogP contribution in [0.1, 0.15) is 34.5 Å². The van der Waals surface area contributed by atoms with E-state index in [2.05, 4.69) is 11.4 Å². The Hall–Kier alpha value is -2.84. The number of nitriles is 1. The molecule has 0 saturated heterocycles. The van der Waals surface area contributed by atoms with Crippen molar-refractivity contribution in [3.05, 3.63) is 59.2 Å². The van der Waals surface area contributed by atoms with Gasteiger partial charge in [-0.05, 0) is 42.8 Å². The van der Waals surface area contributed by atoms with Crippen molar-refractivity contribution in [2.24, 2.45) is 0 Å². The van der Waals surface area contributed by atoms with Crippen LogP contribution < -0.4 is 10.1 Å². The number of Topliss-reactive ketones (excluding diaryl/α,β-unsaturated/α-hetero) is 1. The average molecular weight is 310 g/mol. The topological polar surface area (TPSA) is 82.3 Å². The van der Waals surface area contributed by atoms with Crippen LogP contribution in [0.25, 0.3) is 0 Å². The maximum atomic E-state index is 11.4. The number of carbonyl (C=O) groups excluding carboxylic acids is 1. The summed E-state index contributed by atoms with van der Waals surface area (Å²) in [7, 11) is 1.58. The SMILES string of the molecule is COc1ccc(C(O)CNc2cc(C(C)=O)ccc2C#N)cc1. The number of benzene rings is 2. The molecule has 2 aromatic carbocycles. The van der Waals surface area contributed by atoms with Gasteiger partial charge in [-0.1, -0.05) is 12.1 Å². The predicted molar refractivity (Wildman–Crippen MR) is 87.6 cm³/mol. The molecule has 0 bridgehead atoms. The first-order valence-corrected chi connectivity index (χ1v) is 7.16. The van der Waals surface area contributed by atoms with Crippen LogP contribution in [0, 0.1) is 11.3 Å². The second kappa shape index (κ2) is 7.43. The fourth-order valence-corrected chi connectivity index (χ4v) is 2.16. The Balaban J connectivity index is 2.11. The quantitative estimate of drug-likeness (QED) is 0.802. The number of carbonyl (C=O) groups is 1. The van der Waals surface area contributed by atoms with E-state index in [0.29, 0.717) is 16.8 Å². The van der Waals surface area contributed by atoms with Crippen molar-refractivity contribution in [1.29, 1.82) is 5.26 Å². The van der Waals surface area contributed by atoms with Crippen LogP contribution in [0.3, 0.4) is 0 Å². The number of hydrogen-bond acceptors (Lipinski definition) is 5. The van der Waals surface area contributed by atoms with Crippen LogP contribution in [0.4, 0.5) is 5.69 Å². The van der Waals surface area contributed by atoms with Gasteiger partial charge in [-0.2, -0.15) is 5.26 Å². The maximum Gasteiger partial charge on any atom is 0.159 e. The van der Waals surface area contributed by atoms with E-state index in [4.69, 9.17) is 10.00 Å². The number of ketones is 1. The Morgan fingerprint density at radius 2 is 2.00 bits per heavy atom. The lowest BCUT2D eigenvalue weighted by atomic mass is 10.1. The Labute approximate surface area is 135 Å². The normalized spacial score (nSPS) is 11.4. The number of aliphatic hydroxyl groups is 1. The number of nitrogens with zero attached hydrogens (tertiary/aromatic N) is 1. The molecule has 0 amide bonds. The van der Waals surface area contributed by atoms with Crippen molar-refractivity contribution in [3.8, 4) is 11.8 Å². The third kappa shape index (κ3) is 4.09. The molecule has 0 fully saturated rings. The number of nitrogens with one attached hydrogen (secondary N) is 1. The summed E-state index contributed by atoms with van der Waals surface area (Å²) in [6.07, 6.45) is -0.742. The summed E-state index contributed by atoms with van der Waals surface area (Å²) in [5.41, 5.74) is 2.22. The lowest BCUT2D eigenvalue weighted by Crippen LogP contribution is -2.13. The summed E-state index contributed by atoms with van der Waals surface area (Å²) in [5.74, 6) is 0.642. The van der Waals surface area contributed by atoms with Gasteiger partial charge in [-0.25, -0.2) is 0 Å². The van der Waals surface area contributed by atoms with Gasteiger partial charge in [0.1, 0.15) is 11.8 Å². The second-order valence-electron chi connectivity index (χ2n) is 5.10. The molecule has 2 aromatic rings. The molecule has 0 aliphatic heterocycles. The summed E-state index contributed by atoms with van der Waals surface area (Å²) < 4.78 is 5.08. The van der Waals surface area contributed by atoms with Crippen molar-refractivity contribution in [2.45, 2.75) is 13.0 Å². The van der Waals surface area contributed by atoms with Crippen LogP contribution in [-0.4, -0.2) is 24.5 Å². The molecule has 1 unspecified atom stereocenters. The number of methoxy groups -OCH3 is 1. The molecule has 0 aliphatic rings. The van der Waals surface area contributed by atoms with Gasteiger partial charge < -0.3 is 15.2 Å². The summed E-state index contributed by atoms with van der Waals surface area (Å²) in [5, 5.41) is 22.4. The Kier molecular flexibility index (Phi) is 5.34. The highest BCUT2D eigenvalue weighted by atomic mass is 16.5. The standard InChI is InChI=1S/C18H18N2O3/c1-12(21)14-3-4-15(10-19)17(9-14)20-11-18(22)13-5-7-16(23-2)8-6-13/h3-9,18,20,22H,11H2,1-2H3. The van der Waals surface area contributed by atoms with Crippen molar-refractivity contribution >= 4 is 11.5 Å². The van der Waals surface area contributed by atoms with Crippen molar-refractivity contribution in [3.63, 3.8) is 0 Å². The van der Waals surface area contributed by atoms with Crippen LogP contribution in [0.5, 0.6) is 5.75 Å². The van der Waals surface area contributed by atoms with Gasteiger partial charge in [0.05, 0.1) is 24.5 Å². The molecule has 2 N–H and O–H groups in total. The highest BCUT2D eigenvalue weighted by Gasteiger charge is 2.11.